The fourth-order valence-corrected chi connectivity index (χ4v) is 2.78. The lowest BCUT2D eigenvalue weighted by atomic mass is 10.0. The Morgan fingerprint density at radius 1 is 1.09 bits per heavy atom. The Hall–Kier alpha value is -2.62. The van der Waals surface area contributed by atoms with Gasteiger partial charge in [-0.3, -0.25) is 9.63 Å². The summed E-state index contributed by atoms with van der Waals surface area (Å²) in [6, 6.07) is 15.4. The lowest BCUT2D eigenvalue weighted by Gasteiger charge is -2.05. The average molecular weight is 309 g/mol. The Morgan fingerprint density at radius 2 is 1.83 bits per heavy atom. The maximum Gasteiger partial charge on any atom is 0.313 e. The van der Waals surface area contributed by atoms with Crippen LogP contribution in [0.1, 0.15) is 35.7 Å². The van der Waals surface area contributed by atoms with E-state index in [1.54, 1.807) is 11.8 Å². The Morgan fingerprint density at radius 3 is 2.52 bits per heavy atom. The van der Waals surface area contributed by atoms with Gasteiger partial charge >= 0.3 is 5.71 Å². The minimum absolute atomic E-state index is 0.00542. The number of carbonyl (C=O) groups is 1. The second kappa shape index (κ2) is 6.65. The molecule has 2 aromatic rings. The van der Waals surface area contributed by atoms with E-state index in [0.29, 0.717) is 11.3 Å². The Labute approximate surface area is 136 Å². The fourth-order valence-electron chi connectivity index (χ4n) is 2.78. The molecule has 0 atom stereocenters. The number of nitrogens with one attached hydrogen (secondary N) is 1. The van der Waals surface area contributed by atoms with Gasteiger partial charge in [0.2, 0.25) is 0 Å². The third-order valence-corrected chi connectivity index (χ3v) is 3.99. The fraction of sp³-hybridized carbons (Fsp3) is 0.263. The van der Waals surface area contributed by atoms with Crippen LogP contribution < -0.4 is 5.32 Å². The minimum atomic E-state index is -0.00542. The topological polar surface area (TPSA) is 41.3 Å². The van der Waals surface area contributed by atoms with Gasteiger partial charge in [0.15, 0.2) is 0 Å². The summed E-state index contributed by atoms with van der Waals surface area (Å²) in [7, 11) is 1.58. The van der Waals surface area contributed by atoms with Gasteiger partial charge in [-0.2, -0.15) is 0 Å². The zero-order valence-electron chi connectivity index (χ0n) is 13.5. The van der Waals surface area contributed by atoms with Gasteiger partial charge in [-0.15, -0.1) is 0 Å². The van der Waals surface area contributed by atoms with Gasteiger partial charge in [-0.05, 0) is 36.8 Å². The second-order valence-corrected chi connectivity index (χ2v) is 5.53. The first-order chi connectivity index (χ1) is 11.3. The molecule has 1 heterocycles. The predicted molar refractivity (Wildman–Crippen MR) is 91.7 cm³/mol. The molecule has 2 aromatic carbocycles. The van der Waals surface area contributed by atoms with Crippen LogP contribution in [0, 0.1) is 0 Å². The van der Waals surface area contributed by atoms with E-state index in [4.69, 9.17) is 4.84 Å². The summed E-state index contributed by atoms with van der Waals surface area (Å²) in [5.74, 6) is -0.00542. The van der Waals surface area contributed by atoms with Crippen molar-refractivity contribution < 1.29 is 14.4 Å². The molecular weight excluding hydrogens is 288 g/mol. The quantitative estimate of drug-likeness (QED) is 0.652. The van der Waals surface area contributed by atoms with Crippen LogP contribution in [0.25, 0.3) is 0 Å². The van der Waals surface area contributed by atoms with E-state index >= 15 is 0 Å². The zero-order valence-corrected chi connectivity index (χ0v) is 13.5. The third kappa shape index (κ3) is 2.84. The van der Waals surface area contributed by atoms with Crippen molar-refractivity contribution in [3.63, 3.8) is 0 Å². The molecule has 0 saturated heterocycles. The van der Waals surface area contributed by atoms with Gasteiger partial charge in [0, 0.05) is 23.0 Å². The minimum Gasteiger partial charge on any atom is -0.385 e. The summed E-state index contributed by atoms with van der Waals surface area (Å²) in [6.07, 6.45) is 2.31. The second-order valence-electron chi connectivity index (χ2n) is 5.53. The molecular formula is C19H21N2O2+. The monoisotopic (exact) mass is 309 g/mol. The highest BCUT2D eigenvalue weighted by molar-refractivity contribution is 6.52. The summed E-state index contributed by atoms with van der Waals surface area (Å²) in [4.78, 5) is 18.1. The average Bonchev–Trinajstić information content (AvgIpc) is 2.88. The summed E-state index contributed by atoms with van der Waals surface area (Å²) in [5.41, 5.74) is 3.95. The molecule has 3 rings (SSSR count). The highest BCUT2D eigenvalue weighted by atomic mass is 16.7. The van der Waals surface area contributed by atoms with Crippen molar-refractivity contribution in [2.24, 2.45) is 0 Å². The number of anilines is 1. The molecule has 0 bridgehead atoms. The number of benzene rings is 2. The summed E-state index contributed by atoms with van der Waals surface area (Å²) >= 11 is 0. The van der Waals surface area contributed by atoms with Crippen molar-refractivity contribution in [1.82, 2.24) is 0 Å². The third-order valence-electron chi connectivity index (χ3n) is 3.99. The van der Waals surface area contributed by atoms with Gasteiger partial charge in [-0.1, -0.05) is 25.5 Å². The van der Waals surface area contributed by atoms with E-state index < -0.39 is 0 Å². The molecule has 0 aromatic heterocycles. The maximum atomic E-state index is 12.7. The molecule has 4 heteroatoms. The molecule has 0 radical (unpaired) electrons. The molecule has 118 valence electrons. The molecule has 0 spiro atoms. The predicted octanol–water partition coefficient (Wildman–Crippen LogP) is 3.79. The molecule has 0 unspecified atom stereocenters. The number of hydrogen-bond donors (Lipinski definition) is 1. The van der Waals surface area contributed by atoms with E-state index in [9.17, 15) is 4.79 Å². The Bertz CT molecular complexity index is 748. The number of hydrogen-bond acceptors (Lipinski definition) is 3. The first-order valence-corrected chi connectivity index (χ1v) is 7.95. The summed E-state index contributed by atoms with van der Waals surface area (Å²) < 4.78 is 1.61. The number of para-hydroxylation sites is 1. The zero-order chi connectivity index (χ0) is 16.2. The highest BCUT2D eigenvalue weighted by Gasteiger charge is 2.41. The van der Waals surface area contributed by atoms with Crippen molar-refractivity contribution in [3.8, 4) is 0 Å². The number of fused-ring (bicyclic) bond motifs is 1. The van der Waals surface area contributed by atoms with Gasteiger partial charge < -0.3 is 5.32 Å². The molecule has 4 nitrogen and oxygen atoms in total. The van der Waals surface area contributed by atoms with E-state index in [2.05, 4.69) is 12.2 Å². The van der Waals surface area contributed by atoms with Crippen LogP contribution in [0.5, 0.6) is 0 Å². The number of unbranched alkanes of at least 4 members (excludes halogenated alkanes) is 1. The lowest BCUT2D eigenvalue weighted by molar-refractivity contribution is -0.717. The molecule has 0 amide bonds. The van der Waals surface area contributed by atoms with Crippen molar-refractivity contribution in [1.29, 1.82) is 0 Å². The van der Waals surface area contributed by atoms with Gasteiger partial charge in [-0.25, -0.2) is 0 Å². The smallest absolute Gasteiger partial charge is 0.313 e. The lowest BCUT2D eigenvalue weighted by Crippen LogP contribution is -2.19. The van der Waals surface area contributed by atoms with Crippen LogP contribution in [0.15, 0.2) is 48.5 Å². The van der Waals surface area contributed by atoms with E-state index in [-0.39, 0.29) is 5.78 Å². The van der Waals surface area contributed by atoms with Gasteiger partial charge in [0.05, 0.1) is 5.56 Å². The first kappa shape index (κ1) is 15.3. The van der Waals surface area contributed by atoms with Crippen LogP contribution in [0.4, 0.5) is 11.4 Å². The molecule has 1 aliphatic rings. The van der Waals surface area contributed by atoms with Crippen molar-refractivity contribution >= 4 is 22.9 Å². The molecule has 0 aliphatic carbocycles. The van der Waals surface area contributed by atoms with Crippen LogP contribution in [0.3, 0.4) is 0 Å². The van der Waals surface area contributed by atoms with Crippen molar-refractivity contribution in [2.45, 2.75) is 19.8 Å². The SMILES string of the molecule is CCCCNc1ccc(C2=[N+](OC)c3ccccc3C2=O)cc1. The Kier molecular flexibility index (Phi) is 4.42. The molecule has 23 heavy (non-hydrogen) atoms. The van der Waals surface area contributed by atoms with Crippen LogP contribution in [-0.4, -0.2) is 29.9 Å². The largest absolute Gasteiger partial charge is 0.385 e. The van der Waals surface area contributed by atoms with Crippen molar-refractivity contribution in [2.75, 3.05) is 19.0 Å². The number of nitrogens with zero attached hydrogens (tertiary/aromatic N) is 1. The normalized spacial score (nSPS) is 13.2. The number of Topliss-reactive ketones (excluding diaryl/α,β-unsaturated/α-hetero) is 1. The molecule has 0 fully saturated rings. The molecule has 1 aliphatic heterocycles. The van der Waals surface area contributed by atoms with Crippen LogP contribution in [-0.2, 0) is 4.84 Å². The maximum absolute atomic E-state index is 12.7. The number of carbonyl (C=O) groups excluding carboxylic acids is 1. The van der Waals surface area contributed by atoms with Gasteiger partial charge in [0.1, 0.15) is 12.7 Å². The molecule has 1 N–H and O–H groups in total. The van der Waals surface area contributed by atoms with Crippen molar-refractivity contribution in [3.05, 3.63) is 59.7 Å². The number of rotatable bonds is 6. The molecule has 0 saturated carbocycles. The number of ketones is 1. The summed E-state index contributed by atoms with van der Waals surface area (Å²) in [6.45, 7) is 3.13. The van der Waals surface area contributed by atoms with Crippen LogP contribution >= 0.6 is 0 Å². The van der Waals surface area contributed by atoms with Gasteiger partial charge in [0.25, 0.3) is 11.5 Å². The van der Waals surface area contributed by atoms with E-state index in [1.165, 1.54) is 6.42 Å². The van der Waals surface area contributed by atoms with E-state index in [0.717, 1.165) is 29.9 Å². The van der Waals surface area contributed by atoms with E-state index in [1.807, 2.05) is 48.5 Å². The summed E-state index contributed by atoms with van der Waals surface area (Å²) in [5, 5.41) is 3.38. The van der Waals surface area contributed by atoms with Crippen LogP contribution in [0.2, 0.25) is 0 Å². The Balaban J connectivity index is 1.91. The first-order valence-electron chi connectivity index (χ1n) is 7.95. The highest BCUT2D eigenvalue weighted by Crippen LogP contribution is 2.28. The standard InChI is InChI=1S/C19H20N2O2/c1-3-4-13-20-15-11-9-14(10-12-15)18-19(22)16-7-5-6-8-17(16)21(18)23-2/h5-12H,3-4,13H2,1-2H3/p+1.